The summed E-state index contributed by atoms with van der Waals surface area (Å²) in [4.78, 5) is 19.6. The van der Waals surface area contributed by atoms with Gasteiger partial charge in [-0.25, -0.2) is 0 Å². The molecule has 4 rings (SSSR count). The van der Waals surface area contributed by atoms with E-state index in [0.29, 0.717) is 18.3 Å². The summed E-state index contributed by atoms with van der Waals surface area (Å²) in [6, 6.07) is 14.8. The molecule has 1 aliphatic rings. The molecule has 8 heteroatoms. The Hall–Kier alpha value is -3.10. The molecule has 0 N–H and O–H groups in total. The van der Waals surface area contributed by atoms with Gasteiger partial charge in [0.25, 0.3) is 5.69 Å². The van der Waals surface area contributed by atoms with Crippen LogP contribution in [0.3, 0.4) is 0 Å². The molecule has 0 atom stereocenters. The highest BCUT2D eigenvalue weighted by molar-refractivity contribution is 5.58. The van der Waals surface area contributed by atoms with E-state index in [1.807, 2.05) is 43.3 Å². The second kappa shape index (κ2) is 8.50. The van der Waals surface area contributed by atoms with Gasteiger partial charge in [0.15, 0.2) is 0 Å². The minimum Gasteiger partial charge on any atom is -0.338 e. The van der Waals surface area contributed by atoms with Crippen molar-refractivity contribution < 1.29 is 9.45 Å². The molecule has 1 saturated heterocycles. The number of aromatic nitrogens is 2. The molecule has 0 radical (unpaired) electrons. The molecular weight excluding hydrogens is 370 g/mol. The molecule has 3 aromatic rings. The largest absolute Gasteiger partial charge is 0.338 e. The highest BCUT2D eigenvalue weighted by Crippen LogP contribution is 2.20. The Kier molecular flexibility index (Phi) is 5.64. The molecule has 150 valence electrons. The number of rotatable bonds is 6. The molecule has 2 aromatic carbocycles. The van der Waals surface area contributed by atoms with Crippen LogP contribution in [-0.2, 0) is 13.1 Å². The van der Waals surface area contributed by atoms with Crippen LogP contribution in [0.4, 0.5) is 5.69 Å². The smallest absolute Gasteiger partial charge is 0.269 e. The first-order valence-corrected chi connectivity index (χ1v) is 9.65. The van der Waals surface area contributed by atoms with E-state index in [1.165, 1.54) is 0 Å². The van der Waals surface area contributed by atoms with Crippen LogP contribution in [0.1, 0.15) is 17.0 Å². The van der Waals surface area contributed by atoms with Crippen LogP contribution in [-0.4, -0.2) is 51.0 Å². The number of nitro groups is 1. The summed E-state index contributed by atoms with van der Waals surface area (Å²) >= 11 is 0. The van der Waals surface area contributed by atoms with Crippen molar-refractivity contribution in [1.82, 2.24) is 19.9 Å². The van der Waals surface area contributed by atoms with Crippen LogP contribution in [0.15, 0.2) is 53.1 Å². The van der Waals surface area contributed by atoms with Gasteiger partial charge < -0.3 is 4.52 Å². The third-order valence-electron chi connectivity index (χ3n) is 5.23. The molecule has 0 bridgehead atoms. The third kappa shape index (κ3) is 4.67. The van der Waals surface area contributed by atoms with E-state index in [1.54, 1.807) is 12.1 Å². The molecule has 0 spiro atoms. The lowest BCUT2D eigenvalue weighted by molar-refractivity contribution is -0.384. The molecule has 0 amide bonds. The van der Waals surface area contributed by atoms with E-state index in [9.17, 15) is 10.1 Å². The number of nitro benzene ring substituents is 1. The second-order valence-corrected chi connectivity index (χ2v) is 7.30. The van der Waals surface area contributed by atoms with E-state index < -0.39 is 0 Å². The second-order valence-electron chi connectivity index (χ2n) is 7.30. The molecule has 0 saturated carbocycles. The Morgan fingerprint density at radius 2 is 1.66 bits per heavy atom. The lowest BCUT2D eigenvalue weighted by Crippen LogP contribution is -2.45. The van der Waals surface area contributed by atoms with Crippen molar-refractivity contribution in [2.24, 2.45) is 0 Å². The highest BCUT2D eigenvalue weighted by Gasteiger charge is 2.20. The van der Waals surface area contributed by atoms with Gasteiger partial charge in [0.05, 0.1) is 11.5 Å². The standard InChI is InChI=1S/C21H23N5O3/c1-16-4-2-3-5-19(16)21-22-20(29-23-21)15-25-12-10-24(11-13-25)14-17-6-8-18(9-7-17)26(27)28/h2-9H,10-15H2,1H3. The summed E-state index contributed by atoms with van der Waals surface area (Å²) < 4.78 is 5.46. The predicted octanol–water partition coefficient (Wildman–Crippen LogP) is 3.27. The van der Waals surface area contributed by atoms with E-state index >= 15 is 0 Å². The highest BCUT2D eigenvalue weighted by atomic mass is 16.6. The summed E-state index contributed by atoms with van der Waals surface area (Å²) in [6.07, 6.45) is 0. The SMILES string of the molecule is Cc1ccccc1-c1noc(CN2CCN(Cc3ccc([N+](=O)[O-])cc3)CC2)n1. The number of aryl methyl sites for hydroxylation is 1. The van der Waals surface area contributed by atoms with Gasteiger partial charge in [-0.05, 0) is 18.1 Å². The number of piperazine rings is 1. The summed E-state index contributed by atoms with van der Waals surface area (Å²) in [5.74, 6) is 1.27. The van der Waals surface area contributed by atoms with Crippen LogP contribution >= 0.6 is 0 Å². The Morgan fingerprint density at radius 1 is 1.00 bits per heavy atom. The summed E-state index contributed by atoms with van der Waals surface area (Å²) in [6.45, 7) is 7.15. The average Bonchev–Trinajstić information content (AvgIpc) is 3.18. The molecular formula is C21H23N5O3. The predicted molar refractivity (Wildman–Crippen MR) is 108 cm³/mol. The zero-order valence-electron chi connectivity index (χ0n) is 16.3. The van der Waals surface area contributed by atoms with Crippen LogP contribution in [0, 0.1) is 17.0 Å². The monoisotopic (exact) mass is 393 g/mol. The fourth-order valence-corrected chi connectivity index (χ4v) is 3.53. The maximum Gasteiger partial charge on any atom is 0.269 e. The van der Waals surface area contributed by atoms with E-state index in [2.05, 4.69) is 19.9 Å². The number of hydrogen-bond acceptors (Lipinski definition) is 7. The zero-order valence-corrected chi connectivity index (χ0v) is 16.3. The first-order chi connectivity index (χ1) is 14.1. The van der Waals surface area contributed by atoms with Crippen molar-refractivity contribution >= 4 is 5.69 Å². The van der Waals surface area contributed by atoms with Crippen molar-refractivity contribution in [2.45, 2.75) is 20.0 Å². The minimum absolute atomic E-state index is 0.128. The van der Waals surface area contributed by atoms with Gasteiger partial charge in [-0.1, -0.05) is 41.6 Å². The van der Waals surface area contributed by atoms with Crippen LogP contribution in [0.25, 0.3) is 11.4 Å². The first-order valence-electron chi connectivity index (χ1n) is 9.65. The molecule has 0 aliphatic carbocycles. The van der Waals surface area contributed by atoms with Crippen LogP contribution in [0.5, 0.6) is 0 Å². The van der Waals surface area contributed by atoms with Crippen LogP contribution < -0.4 is 0 Å². The minimum atomic E-state index is -0.370. The van der Waals surface area contributed by atoms with Crippen molar-refractivity contribution in [3.05, 3.63) is 75.7 Å². The Labute approximate surface area is 168 Å². The number of hydrogen-bond donors (Lipinski definition) is 0. The van der Waals surface area contributed by atoms with E-state index in [0.717, 1.165) is 49.4 Å². The van der Waals surface area contributed by atoms with Gasteiger partial charge >= 0.3 is 0 Å². The van der Waals surface area contributed by atoms with Crippen LogP contribution in [0.2, 0.25) is 0 Å². The fraction of sp³-hybridized carbons (Fsp3) is 0.333. The van der Waals surface area contributed by atoms with Crippen molar-refractivity contribution in [3.63, 3.8) is 0 Å². The Bertz CT molecular complexity index is 978. The molecule has 0 unspecified atom stereocenters. The topological polar surface area (TPSA) is 88.5 Å². The van der Waals surface area contributed by atoms with Gasteiger partial charge in [-0.15, -0.1) is 0 Å². The van der Waals surface area contributed by atoms with E-state index in [-0.39, 0.29) is 10.6 Å². The van der Waals surface area contributed by atoms with Gasteiger partial charge in [-0.3, -0.25) is 19.9 Å². The molecule has 29 heavy (non-hydrogen) atoms. The molecule has 1 aromatic heterocycles. The lowest BCUT2D eigenvalue weighted by atomic mass is 10.1. The third-order valence-corrected chi connectivity index (χ3v) is 5.23. The zero-order chi connectivity index (χ0) is 20.2. The van der Waals surface area contributed by atoms with Gasteiger partial charge in [0.1, 0.15) is 0 Å². The maximum absolute atomic E-state index is 10.8. The fourth-order valence-electron chi connectivity index (χ4n) is 3.53. The summed E-state index contributed by atoms with van der Waals surface area (Å²) in [5.41, 5.74) is 3.34. The molecule has 8 nitrogen and oxygen atoms in total. The van der Waals surface area contributed by atoms with Crippen molar-refractivity contribution in [2.75, 3.05) is 26.2 Å². The van der Waals surface area contributed by atoms with Crippen molar-refractivity contribution in [3.8, 4) is 11.4 Å². The average molecular weight is 393 g/mol. The van der Waals surface area contributed by atoms with Gasteiger partial charge in [0, 0.05) is 50.4 Å². The molecule has 2 heterocycles. The quantitative estimate of drug-likeness (QED) is 0.469. The first kappa shape index (κ1) is 19.2. The van der Waals surface area contributed by atoms with Gasteiger partial charge in [0.2, 0.25) is 11.7 Å². The lowest BCUT2D eigenvalue weighted by Gasteiger charge is -2.33. The molecule has 1 fully saturated rings. The summed E-state index contributed by atoms with van der Waals surface area (Å²) in [7, 11) is 0. The Balaban J connectivity index is 1.29. The number of benzene rings is 2. The number of non-ortho nitro benzene ring substituents is 1. The van der Waals surface area contributed by atoms with Gasteiger partial charge in [-0.2, -0.15) is 4.98 Å². The Morgan fingerprint density at radius 3 is 2.31 bits per heavy atom. The normalized spacial score (nSPS) is 15.5. The number of nitrogens with zero attached hydrogens (tertiary/aromatic N) is 5. The molecule has 1 aliphatic heterocycles. The van der Waals surface area contributed by atoms with Crippen molar-refractivity contribution in [1.29, 1.82) is 0 Å². The summed E-state index contributed by atoms with van der Waals surface area (Å²) in [5, 5.41) is 14.9. The maximum atomic E-state index is 10.8. The van der Waals surface area contributed by atoms with E-state index in [4.69, 9.17) is 4.52 Å².